The quantitative estimate of drug-likeness (QED) is 0.635. The summed E-state index contributed by atoms with van der Waals surface area (Å²) in [4.78, 5) is 4.21. The Balaban J connectivity index is 2.59. The number of unbranched alkanes of at least 4 members (excludes halogenated alkanes) is 1. The van der Waals surface area contributed by atoms with Gasteiger partial charge in [-0.05, 0) is 24.1 Å². The van der Waals surface area contributed by atoms with Crippen molar-refractivity contribution < 1.29 is 0 Å². The first-order chi connectivity index (χ1) is 6.34. The molecule has 0 fully saturated rings. The molecule has 0 atom stereocenters. The first-order valence-corrected chi connectivity index (χ1v) is 4.61. The molecule has 0 aliphatic heterocycles. The minimum absolute atomic E-state index is 0.954. The van der Waals surface area contributed by atoms with Crippen molar-refractivity contribution in [1.82, 2.24) is 4.98 Å². The fraction of sp³-hybridized carbons (Fsp3) is 0.250. The van der Waals surface area contributed by atoms with Crippen LogP contribution in [0.3, 0.4) is 0 Å². The van der Waals surface area contributed by atoms with Crippen molar-refractivity contribution >= 4 is 5.57 Å². The predicted octanol–water partition coefficient (Wildman–Crippen LogP) is 3.45. The molecule has 0 amide bonds. The van der Waals surface area contributed by atoms with Crippen LogP contribution in [-0.4, -0.2) is 4.98 Å². The molecule has 1 nitrogen and oxygen atoms in total. The zero-order valence-corrected chi connectivity index (χ0v) is 8.03. The average Bonchev–Trinajstić information content (AvgIpc) is 2.19. The SMILES string of the molecule is C=C(/C=C\CCC)c1ccccn1. The van der Waals surface area contributed by atoms with Gasteiger partial charge in [-0.3, -0.25) is 4.98 Å². The molecule has 0 N–H and O–H groups in total. The van der Waals surface area contributed by atoms with E-state index in [1.165, 1.54) is 6.42 Å². The van der Waals surface area contributed by atoms with Gasteiger partial charge in [-0.25, -0.2) is 0 Å². The normalized spacial score (nSPS) is 10.5. The molecule has 68 valence electrons. The summed E-state index contributed by atoms with van der Waals surface area (Å²) in [6.07, 6.45) is 8.23. The maximum absolute atomic E-state index is 4.21. The molecule has 1 aromatic heterocycles. The second kappa shape index (κ2) is 5.31. The van der Waals surface area contributed by atoms with Crippen molar-refractivity contribution in [2.45, 2.75) is 19.8 Å². The Bertz CT molecular complexity index is 285. The van der Waals surface area contributed by atoms with Crippen molar-refractivity contribution in [1.29, 1.82) is 0 Å². The van der Waals surface area contributed by atoms with Crippen LogP contribution in [0.15, 0.2) is 43.1 Å². The minimum atomic E-state index is 0.954. The van der Waals surface area contributed by atoms with Gasteiger partial charge >= 0.3 is 0 Å². The third kappa shape index (κ3) is 3.24. The van der Waals surface area contributed by atoms with Crippen LogP contribution in [0, 0.1) is 0 Å². The molecule has 0 radical (unpaired) electrons. The lowest BCUT2D eigenvalue weighted by Crippen LogP contribution is -1.82. The number of pyridine rings is 1. The van der Waals surface area contributed by atoms with Crippen LogP contribution in [0.25, 0.3) is 5.57 Å². The standard InChI is InChI=1S/C12H15N/c1-3-4-5-8-11(2)12-9-6-7-10-13-12/h5-10H,2-4H2,1H3/b8-5-. The fourth-order valence-electron chi connectivity index (χ4n) is 1.03. The Morgan fingerprint density at radius 1 is 1.54 bits per heavy atom. The summed E-state index contributed by atoms with van der Waals surface area (Å²) in [6, 6.07) is 5.85. The fourth-order valence-corrected chi connectivity index (χ4v) is 1.03. The van der Waals surface area contributed by atoms with Gasteiger partial charge in [-0.1, -0.05) is 38.1 Å². The van der Waals surface area contributed by atoms with Crippen LogP contribution in [0.5, 0.6) is 0 Å². The second-order valence-electron chi connectivity index (χ2n) is 2.93. The van der Waals surface area contributed by atoms with Crippen molar-refractivity contribution in [3.05, 3.63) is 48.8 Å². The molecular weight excluding hydrogens is 158 g/mol. The van der Waals surface area contributed by atoms with E-state index in [4.69, 9.17) is 0 Å². The van der Waals surface area contributed by atoms with E-state index in [2.05, 4.69) is 24.6 Å². The Labute approximate surface area is 79.8 Å². The zero-order chi connectivity index (χ0) is 9.52. The van der Waals surface area contributed by atoms with Gasteiger partial charge in [-0.15, -0.1) is 0 Å². The van der Waals surface area contributed by atoms with Crippen molar-refractivity contribution in [2.75, 3.05) is 0 Å². The summed E-state index contributed by atoms with van der Waals surface area (Å²) in [5.41, 5.74) is 1.93. The van der Waals surface area contributed by atoms with Gasteiger partial charge in [0.1, 0.15) is 0 Å². The van der Waals surface area contributed by atoms with Crippen molar-refractivity contribution in [3.63, 3.8) is 0 Å². The van der Waals surface area contributed by atoms with Crippen molar-refractivity contribution in [3.8, 4) is 0 Å². The Morgan fingerprint density at radius 3 is 3.00 bits per heavy atom. The smallest absolute Gasteiger partial charge is 0.0695 e. The lowest BCUT2D eigenvalue weighted by Gasteiger charge is -1.97. The zero-order valence-electron chi connectivity index (χ0n) is 8.03. The molecule has 0 unspecified atom stereocenters. The van der Waals surface area contributed by atoms with E-state index in [9.17, 15) is 0 Å². The highest BCUT2D eigenvalue weighted by Crippen LogP contribution is 2.09. The first-order valence-electron chi connectivity index (χ1n) is 4.61. The lowest BCUT2D eigenvalue weighted by atomic mass is 10.1. The van der Waals surface area contributed by atoms with Crippen LogP contribution in [0.4, 0.5) is 0 Å². The Hall–Kier alpha value is -1.37. The van der Waals surface area contributed by atoms with Crippen LogP contribution in [0.2, 0.25) is 0 Å². The Morgan fingerprint density at radius 2 is 2.38 bits per heavy atom. The summed E-state index contributed by atoms with van der Waals surface area (Å²) >= 11 is 0. The van der Waals surface area contributed by atoms with Gasteiger partial charge in [0.25, 0.3) is 0 Å². The molecule has 1 heteroatoms. The number of rotatable bonds is 4. The van der Waals surface area contributed by atoms with Gasteiger partial charge in [0, 0.05) is 6.20 Å². The molecule has 0 aromatic carbocycles. The number of aromatic nitrogens is 1. The number of allylic oxidation sites excluding steroid dienone is 3. The monoisotopic (exact) mass is 173 g/mol. The van der Waals surface area contributed by atoms with Crippen LogP contribution in [-0.2, 0) is 0 Å². The molecule has 0 aliphatic carbocycles. The summed E-state index contributed by atoms with van der Waals surface area (Å²) in [6.45, 7) is 6.11. The highest BCUT2D eigenvalue weighted by Gasteiger charge is 1.92. The molecule has 1 rings (SSSR count). The highest BCUT2D eigenvalue weighted by molar-refractivity contribution is 5.69. The van der Waals surface area contributed by atoms with Crippen molar-refractivity contribution in [2.24, 2.45) is 0 Å². The number of hydrogen-bond donors (Lipinski definition) is 0. The van der Waals surface area contributed by atoms with E-state index in [0.29, 0.717) is 0 Å². The van der Waals surface area contributed by atoms with Gasteiger partial charge < -0.3 is 0 Å². The van der Waals surface area contributed by atoms with E-state index in [0.717, 1.165) is 17.7 Å². The third-order valence-electron chi connectivity index (χ3n) is 1.77. The largest absolute Gasteiger partial charge is 0.256 e. The summed E-state index contributed by atoms with van der Waals surface area (Å²) in [5.74, 6) is 0. The minimum Gasteiger partial charge on any atom is -0.256 e. The third-order valence-corrected chi connectivity index (χ3v) is 1.77. The van der Waals surface area contributed by atoms with E-state index in [1.807, 2.05) is 24.3 Å². The Kier molecular flexibility index (Phi) is 3.97. The summed E-state index contributed by atoms with van der Waals surface area (Å²) in [7, 11) is 0. The molecule has 0 spiro atoms. The van der Waals surface area contributed by atoms with E-state index in [-0.39, 0.29) is 0 Å². The van der Waals surface area contributed by atoms with E-state index < -0.39 is 0 Å². The van der Waals surface area contributed by atoms with Gasteiger partial charge in [0.05, 0.1) is 5.69 Å². The highest BCUT2D eigenvalue weighted by atomic mass is 14.7. The molecule has 1 aromatic rings. The molecule has 0 bridgehead atoms. The predicted molar refractivity (Wildman–Crippen MR) is 57.3 cm³/mol. The second-order valence-corrected chi connectivity index (χ2v) is 2.93. The molecule has 13 heavy (non-hydrogen) atoms. The first kappa shape index (κ1) is 9.72. The summed E-state index contributed by atoms with van der Waals surface area (Å²) < 4.78 is 0. The molecule has 0 aliphatic rings. The number of nitrogens with zero attached hydrogens (tertiary/aromatic N) is 1. The van der Waals surface area contributed by atoms with Gasteiger partial charge in [-0.2, -0.15) is 0 Å². The molecule has 0 saturated heterocycles. The van der Waals surface area contributed by atoms with Crippen LogP contribution in [0.1, 0.15) is 25.5 Å². The molecule has 1 heterocycles. The average molecular weight is 173 g/mol. The van der Waals surface area contributed by atoms with E-state index >= 15 is 0 Å². The molecular formula is C12H15N. The van der Waals surface area contributed by atoms with Crippen LogP contribution >= 0.6 is 0 Å². The number of hydrogen-bond acceptors (Lipinski definition) is 1. The van der Waals surface area contributed by atoms with Gasteiger partial charge in [0.15, 0.2) is 0 Å². The summed E-state index contributed by atoms with van der Waals surface area (Å²) in [5, 5.41) is 0. The topological polar surface area (TPSA) is 12.9 Å². The van der Waals surface area contributed by atoms with E-state index in [1.54, 1.807) is 6.20 Å². The van der Waals surface area contributed by atoms with Crippen LogP contribution < -0.4 is 0 Å². The maximum Gasteiger partial charge on any atom is 0.0695 e. The van der Waals surface area contributed by atoms with Gasteiger partial charge in [0.2, 0.25) is 0 Å². The maximum atomic E-state index is 4.21. The molecule has 0 saturated carbocycles. The lowest BCUT2D eigenvalue weighted by molar-refractivity contribution is 0.959.